The molecule has 2 atom stereocenters. The molecule has 0 amide bonds. The Balaban J connectivity index is 2.73. The minimum absolute atomic E-state index is 0.244. The number of hydrogen-bond donors (Lipinski definition) is 2. The Morgan fingerprint density at radius 2 is 2.06 bits per heavy atom. The molecule has 0 aliphatic rings. The van der Waals surface area contributed by atoms with Crippen LogP contribution in [-0.4, -0.2) is 6.04 Å². The maximum atomic E-state index is 6.16. The monoisotopic (exact) mass is 274 g/mol. The molecule has 4 heteroatoms. The number of halogens is 2. The van der Waals surface area contributed by atoms with Gasteiger partial charge in [0, 0.05) is 16.1 Å². The second kappa shape index (κ2) is 7.22. The zero-order chi connectivity index (χ0) is 12.8. The summed E-state index contributed by atoms with van der Waals surface area (Å²) < 4.78 is 0. The lowest BCUT2D eigenvalue weighted by Crippen LogP contribution is -2.41. The van der Waals surface area contributed by atoms with E-state index in [9.17, 15) is 0 Å². The van der Waals surface area contributed by atoms with Crippen LogP contribution in [0.3, 0.4) is 0 Å². The van der Waals surface area contributed by atoms with E-state index >= 15 is 0 Å². The number of rotatable bonds is 6. The van der Waals surface area contributed by atoms with Gasteiger partial charge >= 0.3 is 0 Å². The normalized spacial score (nSPS) is 14.6. The maximum Gasteiger partial charge on any atom is 0.0453 e. The Labute approximate surface area is 113 Å². The Morgan fingerprint density at radius 1 is 1.35 bits per heavy atom. The van der Waals surface area contributed by atoms with Gasteiger partial charge < -0.3 is 0 Å². The minimum Gasteiger partial charge on any atom is -0.271 e. The van der Waals surface area contributed by atoms with Crippen molar-refractivity contribution < 1.29 is 0 Å². The molecule has 0 spiro atoms. The standard InChI is InChI=1S/C13H20Cl2N2/c1-3-4-9(2)13(17-16)7-10-5-6-11(14)8-12(10)15/h5-6,8-9,13,17H,3-4,7,16H2,1-2H3. The molecule has 1 rings (SSSR count). The highest BCUT2D eigenvalue weighted by Crippen LogP contribution is 2.24. The number of benzene rings is 1. The average Bonchev–Trinajstić information content (AvgIpc) is 2.28. The van der Waals surface area contributed by atoms with E-state index in [1.54, 1.807) is 6.07 Å². The van der Waals surface area contributed by atoms with Gasteiger partial charge in [-0.1, -0.05) is 49.5 Å². The smallest absolute Gasteiger partial charge is 0.0453 e. The molecule has 0 aromatic heterocycles. The van der Waals surface area contributed by atoms with Gasteiger partial charge in [0.25, 0.3) is 0 Å². The van der Waals surface area contributed by atoms with Crippen LogP contribution in [0.2, 0.25) is 10.0 Å². The molecule has 0 aliphatic carbocycles. The summed E-state index contributed by atoms with van der Waals surface area (Å²) in [4.78, 5) is 0. The van der Waals surface area contributed by atoms with Gasteiger partial charge in [0.15, 0.2) is 0 Å². The lowest BCUT2D eigenvalue weighted by atomic mass is 9.92. The van der Waals surface area contributed by atoms with Gasteiger partial charge in [0.1, 0.15) is 0 Å². The van der Waals surface area contributed by atoms with Crippen molar-refractivity contribution in [2.45, 2.75) is 39.2 Å². The topological polar surface area (TPSA) is 38.0 Å². The van der Waals surface area contributed by atoms with Crippen LogP contribution in [0.15, 0.2) is 18.2 Å². The van der Waals surface area contributed by atoms with E-state index in [2.05, 4.69) is 19.3 Å². The summed E-state index contributed by atoms with van der Waals surface area (Å²) in [5.41, 5.74) is 3.97. The second-order valence-corrected chi connectivity index (χ2v) is 5.32. The third kappa shape index (κ3) is 4.47. The van der Waals surface area contributed by atoms with E-state index in [0.717, 1.165) is 24.8 Å². The van der Waals surface area contributed by atoms with E-state index in [-0.39, 0.29) is 6.04 Å². The van der Waals surface area contributed by atoms with Crippen molar-refractivity contribution in [3.8, 4) is 0 Å². The average molecular weight is 275 g/mol. The molecule has 0 heterocycles. The summed E-state index contributed by atoms with van der Waals surface area (Å²) in [6.07, 6.45) is 3.14. The predicted molar refractivity (Wildman–Crippen MR) is 75.3 cm³/mol. The van der Waals surface area contributed by atoms with Gasteiger partial charge in [-0.25, -0.2) is 0 Å². The van der Waals surface area contributed by atoms with Crippen LogP contribution in [0.1, 0.15) is 32.3 Å². The van der Waals surface area contributed by atoms with E-state index < -0.39 is 0 Å². The van der Waals surface area contributed by atoms with Crippen LogP contribution in [-0.2, 0) is 6.42 Å². The first-order valence-corrected chi connectivity index (χ1v) is 6.74. The molecule has 0 saturated carbocycles. The largest absolute Gasteiger partial charge is 0.271 e. The number of hydrazine groups is 1. The molecule has 0 fully saturated rings. The third-order valence-corrected chi connectivity index (χ3v) is 3.69. The number of nitrogens with two attached hydrogens (primary N) is 1. The molecular formula is C13H20Cl2N2. The van der Waals surface area contributed by atoms with Gasteiger partial charge in [-0.05, 0) is 36.5 Å². The molecule has 96 valence electrons. The van der Waals surface area contributed by atoms with Gasteiger partial charge in [0.05, 0.1) is 0 Å². The highest BCUT2D eigenvalue weighted by Gasteiger charge is 2.16. The highest BCUT2D eigenvalue weighted by molar-refractivity contribution is 6.35. The van der Waals surface area contributed by atoms with Gasteiger partial charge in [0.2, 0.25) is 0 Å². The Hall–Kier alpha value is -0.280. The zero-order valence-corrected chi connectivity index (χ0v) is 11.9. The zero-order valence-electron chi connectivity index (χ0n) is 10.3. The molecule has 2 unspecified atom stereocenters. The minimum atomic E-state index is 0.244. The van der Waals surface area contributed by atoms with Crippen LogP contribution in [0.4, 0.5) is 0 Å². The van der Waals surface area contributed by atoms with Gasteiger partial charge in [-0.15, -0.1) is 0 Å². The van der Waals surface area contributed by atoms with Crippen molar-refractivity contribution >= 4 is 23.2 Å². The first-order valence-electron chi connectivity index (χ1n) is 5.98. The molecule has 1 aromatic carbocycles. The Bertz CT molecular complexity index is 355. The van der Waals surface area contributed by atoms with Crippen molar-refractivity contribution in [3.05, 3.63) is 33.8 Å². The summed E-state index contributed by atoms with van der Waals surface area (Å²) in [5, 5.41) is 1.37. The van der Waals surface area contributed by atoms with E-state index in [1.165, 1.54) is 0 Å². The lowest BCUT2D eigenvalue weighted by Gasteiger charge is -2.23. The quantitative estimate of drug-likeness (QED) is 0.612. The predicted octanol–water partition coefficient (Wildman–Crippen LogP) is 3.80. The third-order valence-electron chi connectivity index (χ3n) is 3.10. The fourth-order valence-electron chi connectivity index (χ4n) is 2.01. The van der Waals surface area contributed by atoms with E-state index in [0.29, 0.717) is 16.0 Å². The highest BCUT2D eigenvalue weighted by atomic mass is 35.5. The molecular weight excluding hydrogens is 255 g/mol. The summed E-state index contributed by atoms with van der Waals surface area (Å²) in [5.74, 6) is 6.14. The number of hydrogen-bond acceptors (Lipinski definition) is 2. The second-order valence-electron chi connectivity index (χ2n) is 4.48. The first kappa shape index (κ1) is 14.8. The van der Waals surface area contributed by atoms with Crippen molar-refractivity contribution in [2.24, 2.45) is 11.8 Å². The molecule has 0 bridgehead atoms. The Kier molecular flexibility index (Phi) is 6.28. The summed E-state index contributed by atoms with van der Waals surface area (Å²) in [6, 6.07) is 5.85. The van der Waals surface area contributed by atoms with Crippen LogP contribution in [0.5, 0.6) is 0 Å². The molecule has 2 nitrogen and oxygen atoms in total. The summed E-state index contributed by atoms with van der Waals surface area (Å²) in [6.45, 7) is 4.39. The van der Waals surface area contributed by atoms with Crippen LogP contribution < -0.4 is 11.3 Å². The van der Waals surface area contributed by atoms with Crippen molar-refractivity contribution in [1.29, 1.82) is 0 Å². The van der Waals surface area contributed by atoms with Crippen molar-refractivity contribution in [1.82, 2.24) is 5.43 Å². The van der Waals surface area contributed by atoms with Crippen molar-refractivity contribution in [2.75, 3.05) is 0 Å². The maximum absolute atomic E-state index is 6.16. The first-order chi connectivity index (χ1) is 8.08. The molecule has 0 radical (unpaired) electrons. The Morgan fingerprint density at radius 3 is 2.59 bits per heavy atom. The van der Waals surface area contributed by atoms with E-state index in [1.807, 2.05) is 12.1 Å². The van der Waals surface area contributed by atoms with Crippen LogP contribution >= 0.6 is 23.2 Å². The van der Waals surface area contributed by atoms with Crippen molar-refractivity contribution in [3.63, 3.8) is 0 Å². The molecule has 0 saturated heterocycles. The molecule has 3 N–H and O–H groups in total. The molecule has 17 heavy (non-hydrogen) atoms. The van der Waals surface area contributed by atoms with E-state index in [4.69, 9.17) is 29.0 Å². The molecule has 1 aromatic rings. The van der Waals surface area contributed by atoms with Gasteiger partial charge in [-0.3, -0.25) is 11.3 Å². The van der Waals surface area contributed by atoms with Crippen LogP contribution in [0.25, 0.3) is 0 Å². The SMILES string of the molecule is CCCC(C)C(Cc1ccc(Cl)cc1Cl)NN. The summed E-state index contributed by atoms with van der Waals surface area (Å²) in [7, 11) is 0. The fraction of sp³-hybridized carbons (Fsp3) is 0.538. The lowest BCUT2D eigenvalue weighted by molar-refractivity contribution is 0.357. The fourth-order valence-corrected chi connectivity index (χ4v) is 2.49. The summed E-state index contributed by atoms with van der Waals surface area (Å²) >= 11 is 12.0. The number of nitrogens with one attached hydrogen (secondary N) is 1. The molecule has 0 aliphatic heterocycles. The van der Waals surface area contributed by atoms with Gasteiger partial charge in [-0.2, -0.15) is 0 Å². The van der Waals surface area contributed by atoms with Crippen LogP contribution in [0, 0.1) is 5.92 Å².